The lowest BCUT2D eigenvalue weighted by atomic mass is 10.1. The molecule has 0 unspecified atom stereocenters. The maximum Gasteiger partial charge on any atom is 0.205 e. The van der Waals surface area contributed by atoms with E-state index in [-0.39, 0.29) is 0 Å². The molecular formula is C15H13ClN4. The van der Waals surface area contributed by atoms with Crippen molar-refractivity contribution in [1.82, 2.24) is 20.2 Å². The molecule has 0 aliphatic carbocycles. The van der Waals surface area contributed by atoms with Crippen LogP contribution in [0.1, 0.15) is 11.1 Å². The summed E-state index contributed by atoms with van der Waals surface area (Å²) in [6.07, 6.45) is 0. The number of aromatic nitrogens is 4. The molecule has 1 aromatic heterocycles. The quantitative estimate of drug-likeness (QED) is 0.693. The van der Waals surface area contributed by atoms with Crippen LogP contribution >= 0.6 is 11.6 Å². The van der Waals surface area contributed by atoms with Crippen molar-refractivity contribution in [2.24, 2.45) is 0 Å². The first-order valence-electron chi connectivity index (χ1n) is 6.29. The summed E-state index contributed by atoms with van der Waals surface area (Å²) in [6, 6.07) is 15.8. The van der Waals surface area contributed by atoms with E-state index in [0.29, 0.717) is 11.7 Å². The smallest absolute Gasteiger partial charge is 0.130 e. The lowest BCUT2D eigenvalue weighted by Gasteiger charge is -2.05. The third-order valence-corrected chi connectivity index (χ3v) is 3.40. The van der Waals surface area contributed by atoms with Crippen LogP contribution in [0.25, 0.3) is 17.1 Å². The van der Waals surface area contributed by atoms with Crippen molar-refractivity contribution in [3.05, 3.63) is 59.7 Å². The van der Waals surface area contributed by atoms with Crippen LogP contribution in [0.4, 0.5) is 0 Å². The number of nitrogens with zero attached hydrogens (tertiary/aromatic N) is 4. The molecule has 3 rings (SSSR count). The molecule has 0 N–H and O–H groups in total. The van der Waals surface area contributed by atoms with Gasteiger partial charge in [0.25, 0.3) is 0 Å². The van der Waals surface area contributed by atoms with Gasteiger partial charge in [-0.15, -0.1) is 26.6 Å². The Labute approximate surface area is 122 Å². The van der Waals surface area contributed by atoms with Crippen molar-refractivity contribution in [3.63, 3.8) is 0 Å². The van der Waals surface area contributed by atoms with Gasteiger partial charge in [-0.05, 0) is 29.3 Å². The number of hydrogen-bond acceptors (Lipinski definition) is 3. The molecule has 0 saturated carbocycles. The van der Waals surface area contributed by atoms with Gasteiger partial charge >= 0.3 is 0 Å². The number of aryl methyl sites for hydroxylation is 1. The zero-order valence-corrected chi connectivity index (χ0v) is 11.7. The van der Waals surface area contributed by atoms with Crippen molar-refractivity contribution in [1.29, 1.82) is 0 Å². The van der Waals surface area contributed by atoms with Crippen LogP contribution < -0.4 is 0 Å². The van der Waals surface area contributed by atoms with Crippen LogP contribution in [0.5, 0.6) is 0 Å². The molecule has 0 aliphatic heterocycles. The van der Waals surface area contributed by atoms with E-state index in [0.717, 1.165) is 22.4 Å². The van der Waals surface area contributed by atoms with Crippen molar-refractivity contribution < 1.29 is 0 Å². The highest BCUT2D eigenvalue weighted by molar-refractivity contribution is 6.17. The summed E-state index contributed by atoms with van der Waals surface area (Å²) in [4.78, 5) is 1.55. The molecule has 20 heavy (non-hydrogen) atoms. The van der Waals surface area contributed by atoms with Crippen LogP contribution in [-0.4, -0.2) is 20.2 Å². The summed E-state index contributed by atoms with van der Waals surface area (Å²) in [5.74, 6) is 1.08. The van der Waals surface area contributed by atoms with Crippen molar-refractivity contribution in [2.45, 2.75) is 12.8 Å². The number of tetrazole rings is 1. The number of rotatable bonds is 3. The molecule has 3 aromatic rings. The molecule has 0 aliphatic rings. The number of hydrogen-bond donors (Lipinski definition) is 0. The van der Waals surface area contributed by atoms with E-state index in [4.69, 9.17) is 11.6 Å². The average molecular weight is 285 g/mol. The predicted octanol–water partition coefficient (Wildman–Crippen LogP) is 3.38. The summed E-state index contributed by atoms with van der Waals surface area (Å²) in [6.45, 7) is 2.01. The fourth-order valence-electron chi connectivity index (χ4n) is 1.97. The Hall–Kier alpha value is -2.20. The van der Waals surface area contributed by atoms with E-state index in [1.165, 1.54) is 0 Å². The third-order valence-electron chi connectivity index (χ3n) is 3.09. The Kier molecular flexibility index (Phi) is 3.48. The summed E-state index contributed by atoms with van der Waals surface area (Å²) < 4.78 is 0. The van der Waals surface area contributed by atoms with Gasteiger partial charge in [0.05, 0.1) is 5.69 Å². The Morgan fingerprint density at radius 3 is 2.65 bits per heavy atom. The highest BCUT2D eigenvalue weighted by Gasteiger charge is 2.09. The molecular weight excluding hydrogens is 272 g/mol. The Morgan fingerprint density at radius 2 is 1.90 bits per heavy atom. The molecule has 2 aromatic carbocycles. The lowest BCUT2D eigenvalue weighted by molar-refractivity contribution is 0.715. The average Bonchev–Trinajstić information content (AvgIpc) is 2.98. The fourth-order valence-corrected chi connectivity index (χ4v) is 2.14. The first kappa shape index (κ1) is 12.8. The van der Waals surface area contributed by atoms with Gasteiger partial charge in [0, 0.05) is 11.4 Å². The van der Waals surface area contributed by atoms with Gasteiger partial charge in [-0.3, -0.25) is 0 Å². The van der Waals surface area contributed by atoms with Crippen LogP contribution in [0, 0.1) is 6.92 Å². The van der Waals surface area contributed by atoms with Crippen molar-refractivity contribution in [2.75, 3.05) is 0 Å². The molecule has 0 spiro atoms. The summed E-state index contributed by atoms with van der Waals surface area (Å²) in [7, 11) is 0. The minimum absolute atomic E-state index is 0.466. The Morgan fingerprint density at radius 1 is 1.10 bits per heavy atom. The van der Waals surface area contributed by atoms with Crippen LogP contribution in [-0.2, 0) is 5.88 Å². The standard InChI is InChI=1S/C15H13ClN4/c1-11-7-8-12(10-16)9-14(11)20-18-15(17-19-20)13-5-3-2-4-6-13/h2-9H,10H2,1H3. The first-order valence-corrected chi connectivity index (χ1v) is 6.82. The van der Waals surface area contributed by atoms with E-state index in [2.05, 4.69) is 15.4 Å². The second-order valence-corrected chi connectivity index (χ2v) is 4.79. The molecule has 1 heterocycles. The Balaban J connectivity index is 2.02. The normalized spacial score (nSPS) is 10.7. The molecule has 5 heteroatoms. The van der Waals surface area contributed by atoms with Gasteiger partial charge in [-0.1, -0.05) is 42.5 Å². The van der Waals surface area contributed by atoms with E-state index in [1.807, 2.05) is 55.5 Å². The molecule has 4 nitrogen and oxygen atoms in total. The molecule has 0 amide bonds. The van der Waals surface area contributed by atoms with E-state index < -0.39 is 0 Å². The monoisotopic (exact) mass is 284 g/mol. The molecule has 0 atom stereocenters. The van der Waals surface area contributed by atoms with Gasteiger partial charge in [-0.2, -0.15) is 0 Å². The molecule has 100 valence electrons. The van der Waals surface area contributed by atoms with Crippen molar-refractivity contribution in [3.8, 4) is 17.1 Å². The summed E-state index contributed by atoms with van der Waals surface area (Å²) >= 11 is 5.87. The third kappa shape index (κ3) is 2.42. The molecule has 0 saturated heterocycles. The first-order chi connectivity index (χ1) is 9.78. The van der Waals surface area contributed by atoms with Gasteiger partial charge < -0.3 is 0 Å². The SMILES string of the molecule is Cc1ccc(CCl)cc1-n1nnc(-c2ccccc2)n1. The van der Waals surface area contributed by atoms with Crippen LogP contribution in [0.15, 0.2) is 48.5 Å². The van der Waals surface area contributed by atoms with Gasteiger partial charge in [-0.25, -0.2) is 0 Å². The molecule has 0 fully saturated rings. The fraction of sp³-hybridized carbons (Fsp3) is 0.133. The van der Waals surface area contributed by atoms with Gasteiger partial charge in [0.1, 0.15) is 0 Å². The zero-order valence-electron chi connectivity index (χ0n) is 11.0. The summed E-state index contributed by atoms with van der Waals surface area (Å²) in [5.41, 5.74) is 3.96. The second kappa shape index (κ2) is 5.43. The molecule has 0 radical (unpaired) electrons. The van der Waals surface area contributed by atoms with E-state index in [9.17, 15) is 0 Å². The number of benzene rings is 2. The second-order valence-electron chi connectivity index (χ2n) is 4.52. The van der Waals surface area contributed by atoms with E-state index in [1.54, 1.807) is 4.80 Å². The van der Waals surface area contributed by atoms with Crippen LogP contribution in [0.3, 0.4) is 0 Å². The lowest BCUT2D eigenvalue weighted by Crippen LogP contribution is -2.02. The molecule has 0 bridgehead atoms. The van der Waals surface area contributed by atoms with Crippen LogP contribution in [0.2, 0.25) is 0 Å². The maximum atomic E-state index is 5.87. The largest absolute Gasteiger partial charge is 0.205 e. The predicted molar refractivity (Wildman–Crippen MR) is 78.9 cm³/mol. The number of halogens is 1. The summed E-state index contributed by atoms with van der Waals surface area (Å²) in [5, 5.41) is 12.7. The minimum Gasteiger partial charge on any atom is -0.130 e. The highest BCUT2D eigenvalue weighted by Crippen LogP contribution is 2.18. The van der Waals surface area contributed by atoms with E-state index >= 15 is 0 Å². The maximum absolute atomic E-state index is 5.87. The minimum atomic E-state index is 0.466. The van der Waals surface area contributed by atoms with Gasteiger partial charge in [0.15, 0.2) is 0 Å². The van der Waals surface area contributed by atoms with Gasteiger partial charge in [0.2, 0.25) is 5.82 Å². The zero-order chi connectivity index (χ0) is 13.9. The Bertz CT molecular complexity index is 722. The topological polar surface area (TPSA) is 43.6 Å². The number of alkyl halides is 1. The van der Waals surface area contributed by atoms with Crippen molar-refractivity contribution >= 4 is 11.6 Å². The highest BCUT2D eigenvalue weighted by atomic mass is 35.5.